The number of benzene rings is 2. The van der Waals surface area contributed by atoms with Gasteiger partial charge in [-0.2, -0.15) is 0 Å². The summed E-state index contributed by atoms with van der Waals surface area (Å²) in [5.41, 5.74) is 1.29. The fourth-order valence-electron chi connectivity index (χ4n) is 3.11. The van der Waals surface area contributed by atoms with Gasteiger partial charge in [0.1, 0.15) is 5.41 Å². The van der Waals surface area contributed by atoms with Crippen LogP contribution < -0.4 is 10.6 Å². The van der Waals surface area contributed by atoms with Gasteiger partial charge in [0.15, 0.2) is 0 Å². The summed E-state index contributed by atoms with van der Waals surface area (Å²) in [6.45, 7) is 6.36. The first-order valence-corrected chi connectivity index (χ1v) is 9.58. The molecule has 152 valence electrons. The van der Waals surface area contributed by atoms with Gasteiger partial charge >= 0.3 is 5.97 Å². The third kappa shape index (κ3) is 4.31. The lowest BCUT2D eigenvalue weighted by molar-refractivity contribution is -0.131. The summed E-state index contributed by atoms with van der Waals surface area (Å²) >= 11 is 0. The quantitative estimate of drug-likeness (QED) is 0.590. The molecule has 1 aliphatic rings. The van der Waals surface area contributed by atoms with Crippen molar-refractivity contribution in [2.24, 2.45) is 5.41 Å². The molecule has 1 fully saturated rings. The van der Waals surface area contributed by atoms with Crippen LogP contribution in [-0.2, 0) is 19.7 Å². The van der Waals surface area contributed by atoms with Crippen LogP contribution in [0.25, 0.3) is 0 Å². The highest BCUT2D eigenvalue weighted by molar-refractivity contribution is 6.17. The number of anilines is 2. The number of hydrogen-bond acceptors (Lipinski definition) is 4. The van der Waals surface area contributed by atoms with Crippen LogP contribution in [0.5, 0.6) is 0 Å². The van der Waals surface area contributed by atoms with Gasteiger partial charge in [0.05, 0.1) is 18.4 Å². The number of esters is 1. The van der Waals surface area contributed by atoms with E-state index in [4.69, 9.17) is 4.74 Å². The average molecular weight is 394 g/mol. The maximum atomic E-state index is 12.9. The normalized spacial score (nSPS) is 14.6. The Morgan fingerprint density at radius 2 is 1.48 bits per heavy atom. The van der Waals surface area contributed by atoms with Gasteiger partial charge in [-0.15, -0.1) is 0 Å². The van der Waals surface area contributed by atoms with E-state index in [9.17, 15) is 14.4 Å². The molecule has 0 atom stereocenters. The number of para-hydroxylation sites is 1. The monoisotopic (exact) mass is 394 g/mol. The van der Waals surface area contributed by atoms with Gasteiger partial charge in [0.2, 0.25) is 11.8 Å². The van der Waals surface area contributed by atoms with Crippen LogP contribution in [0.2, 0.25) is 0 Å². The van der Waals surface area contributed by atoms with Crippen LogP contribution in [0.15, 0.2) is 48.5 Å². The van der Waals surface area contributed by atoms with Crippen molar-refractivity contribution in [2.45, 2.75) is 39.0 Å². The number of amides is 2. The predicted molar refractivity (Wildman–Crippen MR) is 112 cm³/mol. The molecule has 1 saturated carbocycles. The summed E-state index contributed by atoms with van der Waals surface area (Å²) in [6, 6.07) is 14.2. The molecular formula is C23H26N2O4. The van der Waals surface area contributed by atoms with Crippen LogP contribution >= 0.6 is 0 Å². The van der Waals surface area contributed by atoms with Crippen molar-refractivity contribution in [1.29, 1.82) is 0 Å². The number of carbonyl (C=O) groups is 3. The van der Waals surface area contributed by atoms with E-state index >= 15 is 0 Å². The Balaban J connectivity index is 1.72. The lowest BCUT2D eigenvalue weighted by atomic mass is 9.87. The van der Waals surface area contributed by atoms with Crippen molar-refractivity contribution in [1.82, 2.24) is 0 Å². The van der Waals surface area contributed by atoms with Gasteiger partial charge in [-0.1, -0.05) is 45.0 Å². The summed E-state index contributed by atoms with van der Waals surface area (Å²) < 4.78 is 4.75. The molecule has 0 bridgehead atoms. The van der Waals surface area contributed by atoms with Crippen molar-refractivity contribution in [3.8, 4) is 0 Å². The maximum Gasteiger partial charge on any atom is 0.339 e. The van der Waals surface area contributed by atoms with Crippen molar-refractivity contribution in [3.63, 3.8) is 0 Å². The van der Waals surface area contributed by atoms with E-state index < -0.39 is 17.3 Å². The predicted octanol–water partition coefficient (Wildman–Crippen LogP) is 4.13. The molecule has 0 unspecified atom stereocenters. The Hall–Kier alpha value is -3.15. The zero-order valence-corrected chi connectivity index (χ0v) is 17.2. The Morgan fingerprint density at radius 3 is 2.03 bits per heavy atom. The Bertz CT molecular complexity index is 938. The molecule has 0 radical (unpaired) electrons. The van der Waals surface area contributed by atoms with Crippen molar-refractivity contribution < 1.29 is 19.1 Å². The largest absolute Gasteiger partial charge is 0.465 e. The smallest absolute Gasteiger partial charge is 0.339 e. The van der Waals surface area contributed by atoms with Crippen molar-refractivity contribution >= 4 is 29.2 Å². The fourth-order valence-corrected chi connectivity index (χ4v) is 3.11. The molecule has 2 aromatic rings. The minimum absolute atomic E-state index is 0.0210. The lowest BCUT2D eigenvalue weighted by Gasteiger charge is -2.20. The summed E-state index contributed by atoms with van der Waals surface area (Å²) in [4.78, 5) is 37.6. The molecule has 2 amide bonds. The minimum atomic E-state index is -1.12. The summed E-state index contributed by atoms with van der Waals surface area (Å²) in [5.74, 6) is -1.30. The van der Waals surface area contributed by atoms with E-state index in [-0.39, 0.29) is 16.9 Å². The zero-order chi connectivity index (χ0) is 21.2. The first kappa shape index (κ1) is 20.6. The number of methoxy groups -OCH3 is 1. The molecule has 0 heterocycles. The topological polar surface area (TPSA) is 84.5 Å². The summed E-state index contributed by atoms with van der Waals surface area (Å²) in [6.07, 6.45) is 0.927. The highest BCUT2D eigenvalue weighted by Gasteiger charge is 2.56. The second kappa shape index (κ2) is 7.70. The number of hydrogen-bond donors (Lipinski definition) is 2. The number of ether oxygens (including phenoxy) is 1. The molecule has 2 N–H and O–H groups in total. The number of nitrogens with one attached hydrogen (secondary N) is 2. The second-order valence-electron chi connectivity index (χ2n) is 8.35. The molecule has 0 spiro atoms. The highest BCUT2D eigenvalue weighted by Crippen LogP contribution is 2.47. The SMILES string of the molecule is COC(=O)c1ccccc1NC(=O)C1(C(=O)Nc2ccc(C(C)(C)C)cc2)CC1. The van der Waals surface area contributed by atoms with Crippen LogP contribution in [0.4, 0.5) is 11.4 Å². The van der Waals surface area contributed by atoms with Gasteiger partial charge in [0, 0.05) is 5.69 Å². The maximum absolute atomic E-state index is 12.9. The first-order valence-electron chi connectivity index (χ1n) is 9.58. The van der Waals surface area contributed by atoms with Gasteiger partial charge in [0.25, 0.3) is 0 Å². The third-order valence-corrected chi connectivity index (χ3v) is 5.21. The summed E-state index contributed by atoms with van der Waals surface area (Å²) in [7, 11) is 1.28. The van der Waals surface area contributed by atoms with Crippen LogP contribution in [0, 0.1) is 5.41 Å². The number of rotatable bonds is 5. The van der Waals surface area contributed by atoms with Gasteiger partial charge in [-0.05, 0) is 48.1 Å². The zero-order valence-electron chi connectivity index (χ0n) is 17.2. The molecule has 1 aliphatic carbocycles. The molecule has 29 heavy (non-hydrogen) atoms. The molecular weight excluding hydrogens is 368 g/mol. The average Bonchev–Trinajstić information content (AvgIpc) is 3.50. The molecule has 3 rings (SSSR count). The van der Waals surface area contributed by atoms with E-state index in [1.807, 2.05) is 24.3 Å². The van der Waals surface area contributed by atoms with Gasteiger partial charge in [-0.25, -0.2) is 4.79 Å². The second-order valence-corrected chi connectivity index (χ2v) is 8.35. The van der Waals surface area contributed by atoms with Crippen LogP contribution in [0.3, 0.4) is 0 Å². The Kier molecular flexibility index (Phi) is 5.46. The Labute approximate surface area is 170 Å². The van der Waals surface area contributed by atoms with E-state index in [1.165, 1.54) is 7.11 Å². The van der Waals surface area contributed by atoms with Crippen molar-refractivity contribution in [2.75, 3.05) is 17.7 Å². The third-order valence-electron chi connectivity index (χ3n) is 5.21. The highest BCUT2D eigenvalue weighted by atomic mass is 16.5. The van der Waals surface area contributed by atoms with E-state index in [1.54, 1.807) is 24.3 Å². The molecule has 0 aromatic heterocycles. The lowest BCUT2D eigenvalue weighted by Crippen LogP contribution is -2.36. The Morgan fingerprint density at radius 1 is 0.897 bits per heavy atom. The van der Waals surface area contributed by atoms with E-state index in [0.29, 0.717) is 24.2 Å². The van der Waals surface area contributed by atoms with Crippen LogP contribution in [0.1, 0.15) is 49.5 Å². The standard InChI is InChI=1S/C23H26N2O4/c1-22(2,3)15-9-11-16(12-10-15)24-20(27)23(13-14-23)21(28)25-18-8-6-5-7-17(18)19(26)29-4/h5-12H,13-14H2,1-4H3,(H,24,27)(H,25,28). The molecule has 6 heteroatoms. The van der Waals surface area contributed by atoms with E-state index in [2.05, 4.69) is 31.4 Å². The summed E-state index contributed by atoms with van der Waals surface area (Å²) in [5, 5.41) is 5.57. The minimum Gasteiger partial charge on any atom is -0.465 e. The van der Waals surface area contributed by atoms with Gasteiger partial charge in [-0.3, -0.25) is 9.59 Å². The number of carbonyl (C=O) groups excluding carboxylic acids is 3. The van der Waals surface area contributed by atoms with Gasteiger partial charge < -0.3 is 15.4 Å². The van der Waals surface area contributed by atoms with E-state index in [0.717, 1.165) is 5.56 Å². The fraction of sp³-hybridized carbons (Fsp3) is 0.348. The molecule has 0 aliphatic heterocycles. The first-order chi connectivity index (χ1) is 13.7. The molecule has 0 saturated heterocycles. The molecule has 6 nitrogen and oxygen atoms in total. The molecule has 2 aromatic carbocycles. The van der Waals surface area contributed by atoms with Crippen LogP contribution in [-0.4, -0.2) is 24.9 Å². The van der Waals surface area contributed by atoms with Crippen molar-refractivity contribution in [3.05, 3.63) is 59.7 Å².